The van der Waals surface area contributed by atoms with Crippen LogP contribution in [0.15, 0.2) is 24.3 Å². The first-order valence-electron chi connectivity index (χ1n) is 38.2. The largest absolute Gasteiger partial charge is 0.354 e. The van der Waals surface area contributed by atoms with Crippen molar-refractivity contribution in [2.45, 2.75) is 412 Å². The highest BCUT2D eigenvalue weighted by Gasteiger charge is 2.22. The van der Waals surface area contributed by atoms with E-state index >= 15 is 0 Å². The molecular weight excluding hydrogens is 1130 g/mol. The van der Waals surface area contributed by atoms with Gasteiger partial charge in [-0.15, -0.1) is 0 Å². The number of amides is 4. The Bertz CT molecular complexity index is 1410. The summed E-state index contributed by atoms with van der Waals surface area (Å²) in [6.07, 6.45) is 79.8. The number of unbranched alkanes of at least 4 members (excludes halogenated alkanes) is 48. The minimum Gasteiger partial charge on any atom is -0.354 e. The number of nitrogens with one attached hydrogen (secondary N) is 4. The van der Waals surface area contributed by atoms with Crippen LogP contribution in [0.5, 0.6) is 0 Å². The number of hydrogen-bond acceptors (Lipinski definition) is 7. The quantitative estimate of drug-likeness (QED) is 0.0272. The van der Waals surface area contributed by atoms with Crippen LogP contribution in [0.1, 0.15) is 400 Å². The summed E-state index contributed by atoms with van der Waals surface area (Å²) in [5.74, 6) is 1.26. The first-order valence-corrected chi connectivity index (χ1v) is 42.1. The zero-order valence-electron chi connectivity index (χ0n) is 58.2. The van der Waals surface area contributed by atoms with Gasteiger partial charge < -0.3 is 21.3 Å². The summed E-state index contributed by atoms with van der Waals surface area (Å²) >= 11 is 0. The minimum absolute atomic E-state index is 0.0238. The molecule has 0 aromatic heterocycles. The van der Waals surface area contributed by atoms with E-state index in [-0.39, 0.29) is 23.6 Å². The molecule has 4 amide bonds. The molecule has 4 N–H and O–H groups in total. The van der Waals surface area contributed by atoms with Crippen LogP contribution >= 0.6 is 31.4 Å². The second kappa shape index (κ2) is 73.5. The van der Waals surface area contributed by atoms with Crippen LogP contribution in [0.4, 0.5) is 0 Å². The Labute approximate surface area is 553 Å². The van der Waals surface area contributed by atoms with Crippen LogP contribution in [0.3, 0.4) is 0 Å². The Balaban J connectivity index is 5.05. The normalized spacial score (nSPS) is 12.4. The summed E-state index contributed by atoms with van der Waals surface area (Å²) in [4.78, 5) is 53.8. The minimum atomic E-state index is -0.546. The Kier molecular flexibility index (Phi) is 72.1. The third-order valence-electron chi connectivity index (χ3n) is 17.4. The lowest BCUT2D eigenvalue weighted by atomic mass is 10.0. The summed E-state index contributed by atoms with van der Waals surface area (Å²) < 4.78 is 0. The van der Waals surface area contributed by atoms with Crippen molar-refractivity contribution >= 4 is 55.0 Å². The van der Waals surface area contributed by atoms with E-state index in [1.807, 2.05) is 0 Å². The maximum absolute atomic E-state index is 13.6. The molecule has 0 bridgehead atoms. The number of allylic oxidation sites excluding steroid dienone is 4. The second-order valence-corrected chi connectivity index (χ2v) is 30.4. The van der Waals surface area contributed by atoms with Gasteiger partial charge in [-0.05, 0) is 99.7 Å². The lowest BCUT2D eigenvalue weighted by molar-refractivity contribution is -0.129. The van der Waals surface area contributed by atoms with Crippen molar-refractivity contribution in [3.8, 4) is 0 Å². The molecule has 0 saturated carbocycles. The monoisotopic (exact) mass is 1280 g/mol. The van der Waals surface area contributed by atoms with E-state index in [0.717, 1.165) is 88.6 Å². The van der Waals surface area contributed by atoms with Crippen LogP contribution in [-0.2, 0) is 19.2 Å². The summed E-state index contributed by atoms with van der Waals surface area (Å²) in [6, 6.07) is -1.09. The molecular formula is C76H146N4O4S3. The lowest BCUT2D eigenvalue weighted by Gasteiger charge is -2.19. The van der Waals surface area contributed by atoms with Crippen molar-refractivity contribution in [1.29, 1.82) is 0 Å². The van der Waals surface area contributed by atoms with Gasteiger partial charge in [0.15, 0.2) is 0 Å². The molecule has 0 aliphatic carbocycles. The van der Waals surface area contributed by atoms with E-state index in [9.17, 15) is 19.2 Å². The topological polar surface area (TPSA) is 116 Å². The molecule has 0 heterocycles. The molecule has 2 atom stereocenters. The predicted molar refractivity (Wildman–Crippen MR) is 391 cm³/mol. The molecule has 87 heavy (non-hydrogen) atoms. The van der Waals surface area contributed by atoms with Gasteiger partial charge in [-0.2, -0.15) is 0 Å². The number of carbonyl (C=O) groups excluding carboxylic acids is 4. The molecule has 0 aromatic carbocycles. The van der Waals surface area contributed by atoms with Crippen molar-refractivity contribution in [3.05, 3.63) is 24.3 Å². The van der Waals surface area contributed by atoms with Crippen molar-refractivity contribution in [2.75, 3.05) is 24.6 Å². The Morgan fingerprint density at radius 3 is 0.759 bits per heavy atom. The standard InChI is InChI=1S/C76H146N4O4S3/c1-5-9-13-17-21-25-29-33-37-39-43-47-51-55-59-63-73(81)79-71(75(83)77-67-61-57-53-49-45-41-35-31-27-23-19-15-11-7-3)65-69-85-87-86-70-66-72(76(84)78-68-62-58-54-50-46-42-36-32-28-24-20-16-12-8-4)80-74(82)64-60-56-52-48-44-40-38-34-30-26-22-18-14-10-6-2/h33-34,37-38,71-72H,5-32,35-36,39-70H2,1-4H3,(H,77,83)(H,78,84)(H,79,81)(H,80,82). The fourth-order valence-electron chi connectivity index (χ4n) is 11.5. The third-order valence-corrected chi connectivity index (χ3v) is 21.7. The van der Waals surface area contributed by atoms with Gasteiger partial charge >= 0.3 is 0 Å². The van der Waals surface area contributed by atoms with Crippen LogP contribution in [0.2, 0.25) is 0 Å². The zero-order valence-corrected chi connectivity index (χ0v) is 60.6. The van der Waals surface area contributed by atoms with Crippen LogP contribution in [0.25, 0.3) is 0 Å². The number of hydrogen-bond donors (Lipinski definition) is 4. The lowest BCUT2D eigenvalue weighted by Crippen LogP contribution is -2.47. The summed E-state index contributed by atoms with van der Waals surface area (Å²) in [6.45, 7) is 10.4. The van der Waals surface area contributed by atoms with E-state index in [1.165, 1.54) is 270 Å². The fraction of sp³-hybridized carbons (Fsp3) is 0.895. The van der Waals surface area contributed by atoms with Gasteiger partial charge in [0.1, 0.15) is 12.1 Å². The highest BCUT2D eigenvalue weighted by molar-refractivity contribution is 9.09. The molecule has 512 valence electrons. The molecule has 0 saturated heterocycles. The molecule has 2 unspecified atom stereocenters. The number of rotatable bonds is 72. The van der Waals surface area contributed by atoms with E-state index in [1.54, 1.807) is 31.4 Å². The van der Waals surface area contributed by atoms with Gasteiger partial charge in [-0.25, -0.2) is 0 Å². The maximum Gasteiger partial charge on any atom is 0.242 e. The maximum atomic E-state index is 13.6. The average Bonchev–Trinajstić information content (AvgIpc) is 3.52. The van der Waals surface area contributed by atoms with Gasteiger partial charge in [0.2, 0.25) is 23.6 Å². The van der Waals surface area contributed by atoms with Crippen molar-refractivity contribution < 1.29 is 19.2 Å². The van der Waals surface area contributed by atoms with E-state index < -0.39 is 12.1 Å². The molecule has 0 aliphatic rings. The molecule has 0 spiro atoms. The molecule has 0 aliphatic heterocycles. The van der Waals surface area contributed by atoms with Crippen LogP contribution in [-0.4, -0.2) is 60.3 Å². The predicted octanol–water partition coefficient (Wildman–Crippen LogP) is 24.0. The Morgan fingerprint density at radius 2 is 0.506 bits per heavy atom. The van der Waals surface area contributed by atoms with Crippen molar-refractivity contribution in [1.82, 2.24) is 21.3 Å². The van der Waals surface area contributed by atoms with Crippen molar-refractivity contribution in [3.63, 3.8) is 0 Å². The van der Waals surface area contributed by atoms with Crippen LogP contribution in [0, 0.1) is 0 Å². The highest BCUT2D eigenvalue weighted by atomic mass is 33.5. The average molecular weight is 1280 g/mol. The van der Waals surface area contributed by atoms with Crippen molar-refractivity contribution in [2.24, 2.45) is 0 Å². The summed E-state index contributed by atoms with van der Waals surface area (Å²) in [5, 5.41) is 12.6. The van der Waals surface area contributed by atoms with Gasteiger partial charge in [0.05, 0.1) is 0 Å². The van der Waals surface area contributed by atoms with Gasteiger partial charge in [-0.3, -0.25) is 19.2 Å². The van der Waals surface area contributed by atoms with Gasteiger partial charge in [0.25, 0.3) is 0 Å². The first-order chi connectivity index (χ1) is 42.9. The second-order valence-electron chi connectivity index (χ2n) is 26.0. The SMILES string of the molecule is CCCCCCCCC=CCCCCCCCC(=O)NC(CCSSSCCC(NC(=O)CCCCCCCC=CCCCCCCCC)C(=O)NCCCCCCCCCCCCCCCC)C(=O)NCCCCCCCCCCCCCCCC. The molecule has 0 rings (SSSR count). The zero-order chi connectivity index (χ0) is 63.1. The van der Waals surface area contributed by atoms with Gasteiger partial charge in [-0.1, -0.05) is 343 Å². The highest BCUT2D eigenvalue weighted by Crippen LogP contribution is 2.36. The van der Waals surface area contributed by atoms with Gasteiger partial charge in [0, 0.05) is 37.4 Å². The van der Waals surface area contributed by atoms with E-state index in [0.29, 0.717) is 38.8 Å². The van der Waals surface area contributed by atoms with E-state index in [4.69, 9.17) is 0 Å². The molecule has 11 heteroatoms. The smallest absolute Gasteiger partial charge is 0.242 e. The first kappa shape index (κ1) is 85.4. The fourth-order valence-corrected chi connectivity index (χ4v) is 15.4. The molecule has 0 fully saturated rings. The Morgan fingerprint density at radius 1 is 0.287 bits per heavy atom. The Hall–Kier alpha value is -1.59. The molecule has 0 aromatic rings. The van der Waals surface area contributed by atoms with E-state index in [2.05, 4.69) is 73.3 Å². The third kappa shape index (κ3) is 67.1. The molecule has 8 nitrogen and oxygen atoms in total. The summed E-state index contributed by atoms with van der Waals surface area (Å²) in [5.41, 5.74) is 0. The molecule has 0 radical (unpaired) electrons. The number of carbonyl (C=O) groups is 4. The summed E-state index contributed by atoms with van der Waals surface area (Å²) in [7, 11) is 5.08. The van der Waals surface area contributed by atoms with Crippen LogP contribution < -0.4 is 21.3 Å².